The maximum atomic E-state index is 9.52. The van der Waals surface area contributed by atoms with Crippen LogP contribution in [0.15, 0.2) is 315 Å². The van der Waals surface area contributed by atoms with E-state index >= 15 is 0 Å². The fraction of sp³-hybridized carbons (Fsp3) is 0. The van der Waals surface area contributed by atoms with Crippen molar-refractivity contribution >= 4 is 87.2 Å². The third-order valence-electron chi connectivity index (χ3n) is 18.8. The Morgan fingerprint density at radius 1 is 0.174 bits per heavy atom. The topological polar surface area (TPSA) is 67.3 Å². The Bertz CT molecular complexity index is 6120. The fourth-order valence-electron chi connectivity index (χ4n) is 14.5. The Morgan fingerprint density at radius 2 is 0.457 bits per heavy atom. The normalized spacial score (nSPS) is 11.7. The van der Waals surface area contributed by atoms with Crippen molar-refractivity contribution in [3.63, 3.8) is 0 Å². The number of aromatic nitrogens is 4. The molecule has 0 amide bonds. The summed E-state index contributed by atoms with van der Waals surface area (Å²) in [4.78, 5) is 0. The molecular weight excluding hydrogens is 1120 g/mol. The third kappa shape index (κ3) is 8.40. The molecule has 18 rings (SSSR count). The molecule has 0 spiro atoms. The highest BCUT2D eigenvalue weighted by atomic mass is 15.0. The summed E-state index contributed by atoms with van der Waals surface area (Å²) >= 11 is 0. The number of hydrogen-bond donors (Lipinski definition) is 0. The fourth-order valence-corrected chi connectivity index (χ4v) is 14.5. The van der Waals surface area contributed by atoms with Crippen LogP contribution in [-0.4, -0.2) is 18.3 Å². The van der Waals surface area contributed by atoms with Gasteiger partial charge in [-0.25, -0.2) is 0 Å². The molecule has 0 aliphatic rings. The number of benzene rings is 14. The molecule has 0 aliphatic heterocycles. The maximum absolute atomic E-state index is 9.52. The lowest BCUT2D eigenvalue weighted by molar-refractivity contribution is 1.18. The number of nitriles is 2. The van der Waals surface area contributed by atoms with E-state index in [-0.39, 0.29) is 0 Å². The molecule has 0 radical (unpaired) electrons. The molecule has 0 aliphatic carbocycles. The van der Waals surface area contributed by atoms with Crippen LogP contribution in [0.3, 0.4) is 0 Å². The minimum absolute atomic E-state index is 0.647. The first-order chi connectivity index (χ1) is 45.5. The largest absolute Gasteiger partial charge is 0.309 e. The SMILES string of the molecule is N#Cc1ccc(-c2ccc(-n3c4ccc(-c5cccc(-n6c7ccccc7c7cc(-c8ccc9c%10ccccc%10n(-c%10cccc(-c%11ccc(C#N)cc%11)c%10)c9c8)ccc76)c5)cc4c4ccc(-c5ccc6c(c5)c5ccccc5n6-c5ccccc5)cc43)cc2)cc1. The molecule has 6 heteroatoms. The summed E-state index contributed by atoms with van der Waals surface area (Å²) in [6, 6.07) is 118. The second kappa shape index (κ2) is 21.0. The molecule has 14 aromatic carbocycles. The summed E-state index contributed by atoms with van der Waals surface area (Å²) in [6.45, 7) is 0. The van der Waals surface area contributed by atoms with Crippen LogP contribution in [0, 0.1) is 22.7 Å². The zero-order valence-corrected chi connectivity index (χ0v) is 49.7. The zero-order chi connectivity index (χ0) is 61.0. The standard InChI is InChI=1S/C86H52N6/c87-53-55-24-28-57(29-25-55)58-32-39-68(40-33-58)90-83-44-36-62(48-78(83)75-42-35-66(52-86(75)90)63-37-43-82-76(49-63)72-19-5-8-22-80(72)89(82)67-14-2-1-3-15-67)61-13-11-16-69(47-61)91-81-23-9-6-20-73(81)77-50-64(38-45-84(77)91)65-34-41-74-71-18-4-7-21-79(71)92(85(74)51-65)70-17-10-12-60(46-70)59-30-26-56(54-88)27-31-59/h1-52H. The van der Waals surface area contributed by atoms with Crippen molar-refractivity contribution in [2.75, 3.05) is 0 Å². The number of para-hydroxylation sites is 4. The first-order valence-corrected chi connectivity index (χ1v) is 31.1. The van der Waals surface area contributed by atoms with Crippen molar-refractivity contribution in [1.29, 1.82) is 10.5 Å². The van der Waals surface area contributed by atoms with Gasteiger partial charge in [0.25, 0.3) is 0 Å². The van der Waals surface area contributed by atoms with Gasteiger partial charge in [-0.2, -0.15) is 10.5 Å². The summed E-state index contributed by atoms with van der Waals surface area (Å²) in [6.07, 6.45) is 0. The molecule has 0 bridgehead atoms. The molecule has 0 unspecified atom stereocenters. The van der Waals surface area contributed by atoms with E-state index in [1.54, 1.807) is 0 Å². The highest BCUT2D eigenvalue weighted by molar-refractivity contribution is 6.15. The lowest BCUT2D eigenvalue weighted by Gasteiger charge is -2.12. The van der Waals surface area contributed by atoms with E-state index in [9.17, 15) is 10.5 Å². The van der Waals surface area contributed by atoms with Crippen LogP contribution in [0.5, 0.6) is 0 Å². The van der Waals surface area contributed by atoms with E-state index in [2.05, 4.69) is 297 Å². The molecule has 0 atom stereocenters. The monoisotopic (exact) mass is 1170 g/mol. The van der Waals surface area contributed by atoms with Gasteiger partial charge in [-0.3, -0.25) is 0 Å². The van der Waals surface area contributed by atoms with Gasteiger partial charge < -0.3 is 18.3 Å². The third-order valence-corrected chi connectivity index (χ3v) is 18.8. The predicted molar refractivity (Wildman–Crippen MR) is 380 cm³/mol. The number of fused-ring (bicyclic) bond motifs is 12. The molecule has 4 heterocycles. The molecule has 92 heavy (non-hydrogen) atoms. The second-order valence-corrected chi connectivity index (χ2v) is 23.9. The van der Waals surface area contributed by atoms with Gasteiger partial charge in [0.2, 0.25) is 0 Å². The summed E-state index contributed by atoms with van der Waals surface area (Å²) in [7, 11) is 0. The lowest BCUT2D eigenvalue weighted by Crippen LogP contribution is -1.95. The van der Waals surface area contributed by atoms with E-state index in [4.69, 9.17) is 0 Å². The van der Waals surface area contributed by atoms with Crippen molar-refractivity contribution in [1.82, 2.24) is 18.3 Å². The summed E-state index contributed by atoms with van der Waals surface area (Å²) in [5.74, 6) is 0. The molecule has 4 aromatic heterocycles. The first-order valence-electron chi connectivity index (χ1n) is 31.1. The van der Waals surface area contributed by atoms with E-state index in [1.165, 1.54) is 54.1 Å². The first kappa shape index (κ1) is 52.4. The molecule has 0 saturated heterocycles. The molecule has 0 N–H and O–H groups in total. The van der Waals surface area contributed by atoms with Gasteiger partial charge in [-0.05, 0) is 195 Å². The van der Waals surface area contributed by atoms with Gasteiger partial charge in [-0.1, -0.05) is 176 Å². The molecule has 6 nitrogen and oxygen atoms in total. The van der Waals surface area contributed by atoms with Crippen molar-refractivity contribution in [3.8, 4) is 90.5 Å². The van der Waals surface area contributed by atoms with Crippen molar-refractivity contribution in [2.24, 2.45) is 0 Å². The minimum Gasteiger partial charge on any atom is -0.309 e. The number of hydrogen-bond acceptors (Lipinski definition) is 2. The van der Waals surface area contributed by atoms with E-state index < -0.39 is 0 Å². The van der Waals surface area contributed by atoms with Crippen LogP contribution < -0.4 is 0 Å². The van der Waals surface area contributed by atoms with E-state index in [0.29, 0.717) is 11.1 Å². The smallest absolute Gasteiger partial charge is 0.0991 e. The molecule has 426 valence electrons. The van der Waals surface area contributed by atoms with Gasteiger partial charge >= 0.3 is 0 Å². The van der Waals surface area contributed by atoms with Crippen LogP contribution in [0.4, 0.5) is 0 Å². The number of nitrogens with zero attached hydrogens (tertiary/aromatic N) is 6. The zero-order valence-electron chi connectivity index (χ0n) is 49.7. The highest BCUT2D eigenvalue weighted by Crippen LogP contribution is 2.43. The Labute approximate surface area is 530 Å². The van der Waals surface area contributed by atoms with Gasteiger partial charge in [0.1, 0.15) is 0 Å². The average molecular weight is 1170 g/mol. The van der Waals surface area contributed by atoms with E-state index in [0.717, 1.165) is 111 Å². The van der Waals surface area contributed by atoms with Crippen LogP contribution in [-0.2, 0) is 0 Å². The van der Waals surface area contributed by atoms with Crippen LogP contribution in [0.25, 0.3) is 166 Å². The number of rotatable bonds is 9. The van der Waals surface area contributed by atoms with Crippen molar-refractivity contribution < 1.29 is 0 Å². The predicted octanol–water partition coefficient (Wildman–Crippen LogP) is 22.2. The van der Waals surface area contributed by atoms with Gasteiger partial charge in [0, 0.05) is 65.8 Å². The molecule has 18 aromatic rings. The van der Waals surface area contributed by atoms with Crippen LogP contribution >= 0.6 is 0 Å². The molecule has 0 saturated carbocycles. The van der Waals surface area contributed by atoms with E-state index in [1.807, 2.05) is 48.5 Å². The van der Waals surface area contributed by atoms with Crippen LogP contribution in [0.1, 0.15) is 11.1 Å². The molecular formula is C86H52N6. The summed E-state index contributed by atoms with van der Waals surface area (Å²) in [5, 5.41) is 28.6. The highest BCUT2D eigenvalue weighted by Gasteiger charge is 2.21. The van der Waals surface area contributed by atoms with Gasteiger partial charge in [-0.15, -0.1) is 0 Å². The average Bonchev–Trinajstić information content (AvgIpc) is 1.60. The van der Waals surface area contributed by atoms with Gasteiger partial charge in [0.15, 0.2) is 0 Å². The Morgan fingerprint density at radius 3 is 0.924 bits per heavy atom. The Hall–Kier alpha value is -12.7. The second-order valence-electron chi connectivity index (χ2n) is 23.9. The Kier molecular flexibility index (Phi) is 11.9. The molecule has 0 fully saturated rings. The van der Waals surface area contributed by atoms with Crippen molar-refractivity contribution in [3.05, 3.63) is 327 Å². The van der Waals surface area contributed by atoms with Crippen molar-refractivity contribution in [2.45, 2.75) is 0 Å². The Balaban J connectivity index is 0.739. The van der Waals surface area contributed by atoms with Crippen LogP contribution in [0.2, 0.25) is 0 Å². The van der Waals surface area contributed by atoms with Gasteiger partial charge in [0.05, 0.1) is 67.4 Å². The minimum atomic E-state index is 0.647. The quantitative estimate of drug-likeness (QED) is 0.145. The maximum Gasteiger partial charge on any atom is 0.0991 e. The lowest BCUT2D eigenvalue weighted by atomic mass is 9.99. The summed E-state index contributed by atoms with van der Waals surface area (Å²) < 4.78 is 9.59. The summed E-state index contributed by atoms with van der Waals surface area (Å²) in [5.41, 5.74) is 26.0.